The van der Waals surface area contributed by atoms with Crippen LogP contribution in [0.5, 0.6) is 0 Å². The highest BCUT2D eigenvalue weighted by atomic mass is 79.9. The van der Waals surface area contributed by atoms with Gasteiger partial charge in [-0.3, -0.25) is 4.79 Å². The van der Waals surface area contributed by atoms with Crippen LogP contribution in [-0.2, 0) is 6.54 Å². The summed E-state index contributed by atoms with van der Waals surface area (Å²) in [5.41, 5.74) is 1.82. The van der Waals surface area contributed by atoms with Gasteiger partial charge in [0.05, 0.1) is 6.54 Å². The average molecular weight is 348 g/mol. The third-order valence-corrected chi connectivity index (χ3v) is 4.67. The Hall–Kier alpha value is -1.55. The Bertz CT molecular complexity index is 673. The molecule has 1 fully saturated rings. The van der Waals surface area contributed by atoms with Crippen molar-refractivity contribution in [3.05, 3.63) is 57.5 Å². The van der Waals surface area contributed by atoms with E-state index in [2.05, 4.69) is 15.9 Å². The summed E-state index contributed by atoms with van der Waals surface area (Å²) in [6.07, 6.45) is 2.17. The molecule has 0 radical (unpaired) electrons. The summed E-state index contributed by atoms with van der Waals surface area (Å²) in [7, 11) is 0. The first-order valence-electron chi connectivity index (χ1n) is 7.17. The van der Waals surface area contributed by atoms with Crippen molar-refractivity contribution in [3.63, 3.8) is 0 Å². The molecule has 21 heavy (non-hydrogen) atoms. The van der Waals surface area contributed by atoms with Crippen LogP contribution in [0.2, 0.25) is 0 Å². The normalized spacial score (nSPS) is 14.2. The van der Waals surface area contributed by atoms with Gasteiger partial charge >= 0.3 is 0 Å². The highest BCUT2D eigenvalue weighted by Crippen LogP contribution is 2.30. The predicted octanol–water partition coefficient (Wildman–Crippen LogP) is 4.46. The number of carbonyl (C=O) groups is 1. The minimum Gasteiger partial charge on any atom is -0.464 e. The number of halogens is 1. The third kappa shape index (κ3) is 3.21. The van der Waals surface area contributed by atoms with E-state index < -0.39 is 0 Å². The molecule has 1 heterocycles. The molecule has 3 nitrogen and oxygen atoms in total. The first-order valence-corrected chi connectivity index (χ1v) is 7.96. The Balaban J connectivity index is 1.83. The van der Waals surface area contributed by atoms with Crippen LogP contribution in [0.3, 0.4) is 0 Å². The van der Waals surface area contributed by atoms with E-state index in [0.29, 0.717) is 12.6 Å². The largest absolute Gasteiger partial charge is 0.464 e. The number of nitrogens with zero attached hydrogens (tertiary/aromatic N) is 1. The van der Waals surface area contributed by atoms with Gasteiger partial charge in [0.2, 0.25) is 0 Å². The number of amides is 1. The zero-order valence-electron chi connectivity index (χ0n) is 12.2. The van der Waals surface area contributed by atoms with Crippen LogP contribution in [0.1, 0.15) is 40.3 Å². The van der Waals surface area contributed by atoms with Gasteiger partial charge < -0.3 is 9.32 Å². The van der Waals surface area contributed by atoms with Crippen molar-refractivity contribution in [1.29, 1.82) is 0 Å². The van der Waals surface area contributed by atoms with Gasteiger partial charge in [-0.15, -0.1) is 0 Å². The van der Waals surface area contributed by atoms with E-state index in [-0.39, 0.29) is 5.91 Å². The van der Waals surface area contributed by atoms with E-state index in [1.54, 1.807) is 0 Å². The third-order valence-electron chi connectivity index (χ3n) is 3.78. The number of benzene rings is 1. The van der Waals surface area contributed by atoms with Crippen molar-refractivity contribution in [1.82, 2.24) is 4.90 Å². The number of furan rings is 1. The maximum absolute atomic E-state index is 12.8. The summed E-state index contributed by atoms with van der Waals surface area (Å²) in [6.45, 7) is 4.47. The number of carbonyl (C=O) groups excluding carboxylic acids is 1. The number of aryl methyl sites for hydroxylation is 2. The quantitative estimate of drug-likeness (QED) is 0.817. The number of hydrogen-bond acceptors (Lipinski definition) is 2. The molecule has 0 saturated heterocycles. The molecule has 0 aliphatic heterocycles. The molecular formula is C17H18BrNO2. The van der Waals surface area contributed by atoms with Crippen molar-refractivity contribution in [3.8, 4) is 0 Å². The maximum atomic E-state index is 12.8. The van der Waals surface area contributed by atoms with E-state index >= 15 is 0 Å². The molecule has 1 aromatic heterocycles. The van der Waals surface area contributed by atoms with E-state index in [4.69, 9.17) is 4.42 Å². The molecule has 3 rings (SSSR count). The SMILES string of the molecule is Cc1ccc(CN(C(=O)c2ccc(Br)c(C)c2)C2CC2)o1. The molecule has 1 aliphatic carbocycles. The average Bonchev–Trinajstić information content (AvgIpc) is 3.21. The summed E-state index contributed by atoms with van der Waals surface area (Å²) in [4.78, 5) is 14.7. The topological polar surface area (TPSA) is 33.5 Å². The van der Waals surface area contributed by atoms with Gasteiger partial charge in [0.1, 0.15) is 11.5 Å². The van der Waals surface area contributed by atoms with Crippen LogP contribution in [0.15, 0.2) is 39.2 Å². The molecule has 1 aromatic carbocycles. The lowest BCUT2D eigenvalue weighted by Crippen LogP contribution is -2.32. The Kier molecular flexibility index (Phi) is 3.89. The maximum Gasteiger partial charge on any atom is 0.254 e. The second-order valence-electron chi connectivity index (χ2n) is 5.64. The Morgan fingerprint density at radius 2 is 2.05 bits per heavy atom. The van der Waals surface area contributed by atoms with Crippen LogP contribution in [-0.4, -0.2) is 16.8 Å². The van der Waals surface area contributed by atoms with Crippen LogP contribution in [0.25, 0.3) is 0 Å². The van der Waals surface area contributed by atoms with Crippen LogP contribution in [0.4, 0.5) is 0 Å². The van der Waals surface area contributed by atoms with Gasteiger partial charge in [-0.25, -0.2) is 0 Å². The Morgan fingerprint density at radius 3 is 2.62 bits per heavy atom. The highest BCUT2D eigenvalue weighted by Gasteiger charge is 2.33. The van der Waals surface area contributed by atoms with Gasteiger partial charge in [-0.1, -0.05) is 15.9 Å². The highest BCUT2D eigenvalue weighted by molar-refractivity contribution is 9.10. The minimum absolute atomic E-state index is 0.0853. The van der Waals surface area contributed by atoms with E-state index in [0.717, 1.165) is 40.0 Å². The van der Waals surface area contributed by atoms with Crippen molar-refractivity contribution in [2.24, 2.45) is 0 Å². The first kappa shape index (κ1) is 14.4. The number of hydrogen-bond donors (Lipinski definition) is 0. The van der Waals surface area contributed by atoms with Crippen molar-refractivity contribution in [2.75, 3.05) is 0 Å². The Morgan fingerprint density at radius 1 is 1.29 bits per heavy atom. The van der Waals surface area contributed by atoms with Crippen molar-refractivity contribution in [2.45, 2.75) is 39.3 Å². The number of rotatable bonds is 4. The molecule has 0 N–H and O–H groups in total. The lowest BCUT2D eigenvalue weighted by Gasteiger charge is -2.21. The lowest BCUT2D eigenvalue weighted by molar-refractivity contribution is 0.0717. The molecule has 0 atom stereocenters. The molecule has 1 saturated carbocycles. The van der Waals surface area contributed by atoms with Gasteiger partial charge in [0.25, 0.3) is 5.91 Å². The zero-order chi connectivity index (χ0) is 15.0. The fraction of sp³-hybridized carbons (Fsp3) is 0.353. The lowest BCUT2D eigenvalue weighted by atomic mass is 10.1. The molecule has 0 unspecified atom stereocenters. The van der Waals surface area contributed by atoms with Crippen molar-refractivity contribution < 1.29 is 9.21 Å². The van der Waals surface area contributed by atoms with Crippen LogP contribution in [0, 0.1) is 13.8 Å². The summed E-state index contributed by atoms with van der Waals surface area (Å²) in [6, 6.07) is 9.99. The monoisotopic (exact) mass is 347 g/mol. The summed E-state index contributed by atoms with van der Waals surface area (Å²) in [5, 5.41) is 0. The molecule has 1 amide bonds. The molecule has 2 aromatic rings. The fourth-order valence-corrected chi connectivity index (χ4v) is 2.68. The standard InChI is InChI=1S/C17H18BrNO2/c1-11-9-13(4-8-16(11)18)17(20)19(14-5-6-14)10-15-7-3-12(2)21-15/h3-4,7-9,14H,5-6,10H2,1-2H3. The summed E-state index contributed by atoms with van der Waals surface area (Å²) < 4.78 is 6.65. The molecule has 1 aliphatic rings. The molecule has 4 heteroatoms. The second-order valence-corrected chi connectivity index (χ2v) is 6.49. The van der Waals surface area contributed by atoms with E-state index in [9.17, 15) is 4.79 Å². The summed E-state index contributed by atoms with van der Waals surface area (Å²) in [5.74, 6) is 1.82. The summed E-state index contributed by atoms with van der Waals surface area (Å²) >= 11 is 3.47. The van der Waals surface area contributed by atoms with E-state index in [1.165, 1.54) is 0 Å². The smallest absolute Gasteiger partial charge is 0.254 e. The molecular weight excluding hydrogens is 330 g/mol. The van der Waals surface area contributed by atoms with E-state index in [1.807, 2.05) is 49.1 Å². The van der Waals surface area contributed by atoms with Gasteiger partial charge in [-0.05, 0) is 62.6 Å². The van der Waals surface area contributed by atoms with Crippen LogP contribution < -0.4 is 0 Å². The molecule has 0 spiro atoms. The minimum atomic E-state index is 0.0853. The first-order chi connectivity index (χ1) is 10.0. The van der Waals surface area contributed by atoms with Crippen LogP contribution >= 0.6 is 15.9 Å². The van der Waals surface area contributed by atoms with Crippen molar-refractivity contribution >= 4 is 21.8 Å². The Labute approximate surface area is 133 Å². The fourth-order valence-electron chi connectivity index (χ4n) is 2.43. The molecule has 0 bridgehead atoms. The molecule has 110 valence electrons. The predicted molar refractivity (Wildman–Crippen MR) is 85.2 cm³/mol. The van der Waals surface area contributed by atoms with Gasteiger partial charge in [0, 0.05) is 16.1 Å². The van der Waals surface area contributed by atoms with Gasteiger partial charge in [0.15, 0.2) is 0 Å². The second kappa shape index (κ2) is 5.68. The van der Waals surface area contributed by atoms with Gasteiger partial charge in [-0.2, -0.15) is 0 Å². The zero-order valence-corrected chi connectivity index (χ0v) is 13.8.